The van der Waals surface area contributed by atoms with E-state index in [9.17, 15) is 9.90 Å². The van der Waals surface area contributed by atoms with Crippen LogP contribution >= 0.6 is 0 Å². The molecule has 5 nitrogen and oxygen atoms in total. The van der Waals surface area contributed by atoms with Gasteiger partial charge in [-0.15, -0.1) is 0 Å². The number of hydrogen-bond acceptors (Lipinski definition) is 4. The van der Waals surface area contributed by atoms with E-state index < -0.39 is 5.97 Å². The van der Waals surface area contributed by atoms with E-state index in [1.807, 2.05) is 30.3 Å². The highest BCUT2D eigenvalue weighted by molar-refractivity contribution is 5.87. The maximum Gasteiger partial charge on any atom is 0.354 e. The van der Waals surface area contributed by atoms with Crippen molar-refractivity contribution in [2.24, 2.45) is 0 Å². The highest BCUT2D eigenvalue weighted by Crippen LogP contribution is 2.17. The molecule has 0 atom stereocenters. The standard InChI is InChI=1S/C15H15N3O2/c19-15(20)14-11-6-7-16-9-12(11)17-13(18-14)8-10-4-2-1-3-5-10/h1-5,16H,6-9H2,(H,19,20). The van der Waals surface area contributed by atoms with Crippen LogP contribution < -0.4 is 5.32 Å². The molecule has 1 aliphatic heterocycles. The Kier molecular flexibility index (Phi) is 3.43. The minimum absolute atomic E-state index is 0.155. The molecule has 0 radical (unpaired) electrons. The Balaban J connectivity index is 2.00. The van der Waals surface area contributed by atoms with Crippen LogP contribution in [0.2, 0.25) is 0 Å². The lowest BCUT2D eigenvalue weighted by Gasteiger charge is -2.18. The summed E-state index contributed by atoms with van der Waals surface area (Å²) in [5.41, 5.74) is 2.82. The highest BCUT2D eigenvalue weighted by Gasteiger charge is 2.21. The first-order valence-corrected chi connectivity index (χ1v) is 6.60. The van der Waals surface area contributed by atoms with Gasteiger partial charge in [-0.2, -0.15) is 0 Å². The number of fused-ring (bicyclic) bond motifs is 1. The van der Waals surface area contributed by atoms with Crippen molar-refractivity contribution in [1.82, 2.24) is 15.3 Å². The third-order valence-corrected chi connectivity index (χ3v) is 3.39. The van der Waals surface area contributed by atoms with Gasteiger partial charge in [-0.3, -0.25) is 0 Å². The van der Waals surface area contributed by atoms with Crippen LogP contribution in [0.1, 0.15) is 33.1 Å². The number of rotatable bonds is 3. The van der Waals surface area contributed by atoms with Gasteiger partial charge in [-0.25, -0.2) is 14.8 Å². The maximum absolute atomic E-state index is 11.4. The number of nitrogens with zero attached hydrogens (tertiary/aromatic N) is 2. The summed E-state index contributed by atoms with van der Waals surface area (Å²) in [5, 5.41) is 12.5. The average Bonchev–Trinajstić information content (AvgIpc) is 2.47. The lowest BCUT2D eigenvalue weighted by molar-refractivity contribution is 0.0688. The molecule has 0 aliphatic carbocycles. The van der Waals surface area contributed by atoms with Crippen LogP contribution in [0.25, 0.3) is 0 Å². The van der Waals surface area contributed by atoms with Crippen LogP contribution in [0, 0.1) is 0 Å². The van der Waals surface area contributed by atoms with Gasteiger partial charge in [0.15, 0.2) is 5.69 Å². The molecule has 0 amide bonds. The topological polar surface area (TPSA) is 75.1 Å². The Morgan fingerprint density at radius 2 is 2.05 bits per heavy atom. The van der Waals surface area contributed by atoms with Crippen molar-refractivity contribution in [1.29, 1.82) is 0 Å². The number of carbonyl (C=O) groups is 1. The molecule has 0 unspecified atom stereocenters. The molecule has 0 bridgehead atoms. The van der Waals surface area contributed by atoms with Gasteiger partial charge in [0.05, 0.1) is 5.69 Å². The fourth-order valence-electron chi connectivity index (χ4n) is 2.44. The van der Waals surface area contributed by atoms with Gasteiger partial charge in [-0.05, 0) is 18.5 Å². The van der Waals surface area contributed by atoms with Crippen molar-refractivity contribution in [2.75, 3.05) is 6.54 Å². The van der Waals surface area contributed by atoms with Gasteiger partial charge >= 0.3 is 5.97 Å². The van der Waals surface area contributed by atoms with E-state index in [1.54, 1.807) is 0 Å². The van der Waals surface area contributed by atoms with E-state index in [-0.39, 0.29) is 5.69 Å². The van der Waals surface area contributed by atoms with Crippen molar-refractivity contribution in [3.8, 4) is 0 Å². The van der Waals surface area contributed by atoms with Crippen LogP contribution in [0.5, 0.6) is 0 Å². The van der Waals surface area contributed by atoms with Gasteiger partial charge in [-0.1, -0.05) is 30.3 Å². The van der Waals surface area contributed by atoms with E-state index in [2.05, 4.69) is 15.3 Å². The second kappa shape index (κ2) is 5.38. The number of nitrogens with one attached hydrogen (secondary N) is 1. The Hall–Kier alpha value is -2.27. The summed E-state index contributed by atoms with van der Waals surface area (Å²) in [6.45, 7) is 1.38. The number of carboxylic acids is 1. The molecule has 3 rings (SSSR count). The van der Waals surface area contributed by atoms with Crippen LogP contribution in [0.4, 0.5) is 0 Å². The molecule has 0 fully saturated rings. The van der Waals surface area contributed by atoms with Crippen molar-refractivity contribution >= 4 is 5.97 Å². The first-order chi connectivity index (χ1) is 9.74. The quantitative estimate of drug-likeness (QED) is 0.881. The van der Waals surface area contributed by atoms with Crippen LogP contribution in [0.15, 0.2) is 30.3 Å². The third kappa shape index (κ3) is 2.53. The fraction of sp³-hybridized carbons (Fsp3) is 0.267. The molecule has 5 heteroatoms. The van der Waals surface area contributed by atoms with Gasteiger partial charge in [0.1, 0.15) is 5.82 Å². The summed E-state index contributed by atoms with van der Waals surface area (Å²) in [5.74, 6) is -0.407. The largest absolute Gasteiger partial charge is 0.477 e. The van der Waals surface area contributed by atoms with Gasteiger partial charge < -0.3 is 10.4 Å². The molecule has 2 aromatic rings. The molecule has 1 aromatic heterocycles. The number of hydrogen-bond donors (Lipinski definition) is 2. The number of aromatic carboxylic acids is 1. The second-order valence-corrected chi connectivity index (χ2v) is 4.81. The van der Waals surface area contributed by atoms with Crippen molar-refractivity contribution < 1.29 is 9.90 Å². The van der Waals surface area contributed by atoms with E-state index in [0.717, 1.165) is 23.4 Å². The lowest BCUT2D eigenvalue weighted by Crippen LogP contribution is -2.28. The fourth-order valence-corrected chi connectivity index (χ4v) is 2.44. The zero-order valence-corrected chi connectivity index (χ0v) is 11.0. The Morgan fingerprint density at radius 1 is 1.25 bits per heavy atom. The van der Waals surface area contributed by atoms with Crippen LogP contribution in [0.3, 0.4) is 0 Å². The molecule has 2 heterocycles. The summed E-state index contributed by atoms with van der Waals surface area (Å²) in [6, 6.07) is 9.83. The monoisotopic (exact) mass is 269 g/mol. The van der Waals surface area contributed by atoms with Crippen molar-refractivity contribution in [3.05, 3.63) is 58.7 Å². The van der Waals surface area contributed by atoms with E-state index in [0.29, 0.717) is 25.2 Å². The normalized spacial score (nSPS) is 13.8. The predicted molar refractivity (Wildman–Crippen MR) is 73.7 cm³/mol. The first kappa shape index (κ1) is 12.7. The molecule has 2 N–H and O–H groups in total. The van der Waals surface area contributed by atoms with E-state index >= 15 is 0 Å². The summed E-state index contributed by atoms with van der Waals surface area (Å²) >= 11 is 0. The van der Waals surface area contributed by atoms with Crippen LogP contribution in [-0.2, 0) is 19.4 Å². The molecule has 0 spiro atoms. The molecular formula is C15H15N3O2. The smallest absolute Gasteiger partial charge is 0.354 e. The average molecular weight is 269 g/mol. The molecule has 102 valence electrons. The Labute approximate surface area is 116 Å². The van der Waals surface area contributed by atoms with Crippen LogP contribution in [-0.4, -0.2) is 27.6 Å². The SMILES string of the molecule is O=C(O)c1nc(Cc2ccccc2)nc2c1CCNC2. The number of aromatic nitrogens is 2. The summed E-state index contributed by atoms with van der Waals surface area (Å²) < 4.78 is 0. The maximum atomic E-state index is 11.4. The summed E-state index contributed by atoms with van der Waals surface area (Å²) in [6.07, 6.45) is 1.22. The number of carboxylic acid groups (broad SMARTS) is 1. The van der Waals surface area contributed by atoms with Crippen molar-refractivity contribution in [2.45, 2.75) is 19.4 Å². The van der Waals surface area contributed by atoms with Crippen molar-refractivity contribution in [3.63, 3.8) is 0 Å². The van der Waals surface area contributed by atoms with Gasteiger partial charge in [0, 0.05) is 18.5 Å². The Morgan fingerprint density at radius 3 is 2.80 bits per heavy atom. The number of benzene rings is 1. The van der Waals surface area contributed by atoms with Gasteiger partial charge in [0.2, 0.25) is 0 Å². The summed E-state index contributed by atoms with van der Waals surface area (Å²) in [7, 11) is 0. The van der Waals surface area contributed by atoms with Gasteiger partial charge in [0.25, 0.3) is 0 Å². The lowest BCUT2D eigenvalue weighted by atomic mass is 10.0. The minimum Gasteiger partial charge on any atom is -0.477 e. The molecular weight excluding hydrogens is 254 g/mol. The predicted octanol–water partition coefficient (Wildman–Crippen LogP) is 1.41. The molecule has 0 saturated carbocycles. The molecule has 1 aromatic carbocycles. The molecule has 0 saturated heterocycles. The summed E-state index contributed by atoms with van der Waals surface area (Å²) in [4.78, 5) is 20.1. The third-order valence-electron chi connectivity index (χ3n) is 3.39. The zero-order chi connectivity index (χ0) is 13.9. The Bertz CT molecular complexity index is 641. The minimum atomic E-state index is -0.972. The highest BCUT2D eigenvalue weighted by atomic mass is 16.4. The first-order valence-electron chi connectivity index (χ1n) is 6.60. The molecule has 1 aliphatic rings. The second-order valence-electron chi connectivity index (χ2n) is 4.81. The molecule has 20 heavy (non-hydrogen) atoms. The van der Waals surface area contributed by atoms with E-state index in [1.165, 1.54) is 0 Å². The zero-order valence-electron chi connectivity index (χ0n) is 11.0. The van der Waals surface area contributed by atoms with E-state index in [4.69, 9.17) is 0 Å².